The summed E-state index contributed by atoms with van der Waals surface area (Å²) in [6.45, 7) is 0.718. The number of hydrogen-bond donors (Lipinski definition) is 3. The lowest BCUT2D eigenvalue weighted by Gasteiger charge is -2.28. The zero-order chi connectivity index (χ0) is 24.9. The van der Waals surface area contributed by atoms with E-state index in [2.05, 4.69) is 20.6 Å². The first-order chi connectivity index (χ1) is 16.8. The number of amides is 2. The summed E-state index contributed by atoms with van der Waals surface area (Å²) >= 11 is 5.85. The molecule has 0 bridgehead atoms. The highest BCUT2D eigenvalue weighted by atomic mass is 35.5. The number of hydrogen-bond acceptors (Lipinski definition) is 5. The summed E-state index contributed by atoms with van der Waals surface area (Å²) in [5, 5.41) is 5.14. The number of nitrogens with zero attached hydrogens (tertiary/aromatic N) is 1. The van der Waals surface area contributed by atoms with Gasteiger partial charge in [0.1, 0.15) is 17.2 Å². The van der Waals surface area contributed by atoms with E-state index in [1.54, 1.807) is 0 Å². The molecule has 1 unspecified atom stereocenters. The van der Waals surface area contributed by atoms with Gasteiger partial charge in [-0.3, -0.25) is 14.4 Å². The van der Waals surface area contributed by atoms with Crippen molar-refractivity contribution in [2.45, 2.75) is 63.5 Å². The molecule has 0 radical (unpaired) electrons. The van der Waals surface area contributed by atoms with Crippen LogP contribution in [-0.2, 0) is 9.53 Å². The largest absolute Gasteiger partial charge is 0.378 e. The van der Waals surface area contributed by atoms with Crippen molar-refractivity contribution in [2.75, 3.05) is 11.9 Å². The molecule has 2 aromatic rings. The standard InChI is InChI=1S/C24H27ClF2N4O4/c25-17-10-14(26)11-18(27)20(17)31-23(33)13-3-5-15(6-4-13)30-24(34)22-21(28-12-29-22)19(32)8-7-16-2-1-9-35-16/h10-13,15-16H,1-9H2,(H,28,29)(H,30,34)(H,31,33). The molecular weight excluding hydrogens is 482 g/mol. The number of carbonyl (C=O) groups excluding carboxylic acids is 3. The molecule has 3 N–H and O–H groups in total. The molecular formula is C24H27ClF2N4O4. The topological polar surface area (TPSA) is 113 Å². The van der Waals surface area contributed by atoms with Gasteiger partial charge in [-0.25, -0.2) is 13.8 Å². The number of H-pyrrole nitrogens is 1. The van der Waals surface area contributed by atoms with E-state index in [0.29, 0.717) is 38.2 Å². The second kappa shape index (κ2) is 11.3. The predicted octanol–water partition coefficient (Wildman–Crippen LogP) is 4.41. The maximum Gasteiger partial charge on any atom is 0.270 e. The fourth-order valence-corrected chi connectivity index (χ4v) is 4.85. The van der Waals surface area contributed by atoms with E-state index in [1.807, 2.05) is 0 Å². The summed E-state index contributed by atoms with van der Waals surface area (Å²) in [5.74, 6) is -3.20. The molecule has 1 aromatic carbocycles. The van der Waals surface area contributed by atoms with Gasteiger partial charge in [-0.2, -0.15) is 0 Å². The Hall–Kier alpha value is -2.85. The summed E-state index contributed by atoms with van der Waals surface area (Å²) in [5.41, 5.74) is -0.000161. The van der Waals surface area contributed by atoms with Crippen LogP contribution in [0.5, 0.6) is 0 Å². The lowest BCUT2D eigenvalue weighted by molar-refractivity contribution is -0.120. The Labute approximate surface area is 206 Å². The molecule has 1 aromatic heterocycles. The number of aromatic amines is 1. The van der Waals surface area contributed by atoms with Gasteiger partial charge in [0.2, 0.25) is 5.91 Å². The van der Waals surface area contributed by atoms with Crippen molar-refractivity contribution < 1.29 is 27.9 Å². The number of imidazole rings is 1. The van der Waals surface area contributed by atoms with Crippen LogP contribution in [0.4, 0.5) is 14.5 Å². The van der Waals surface area contributed by atoms with Gasteiger partial charge in [0.15, 0.2) is 11.6 Å². The molecule has 2 aliphatic rings. The lowest BCUT2D eigenvalue weighted by Crippen LogP contribution is -2.40. The SMILES string of the molecule is O=C(CCC1CCCO1)c1nc[nH]c1C(=O)NC1CCC(C(=O)Nc2c(F)cc(F)cc2Cl)CC1. The molecule has 35 heavy (non-hydrogen) atoms. The van der Waals surface area contributed by atoms with E-state index in [1.165, 1.54) is 6.33 Å². The second-order valence-electron chi connectivity index (χ2n) is 8.98. The summed E-state index contributed by atoms with van der Waals surface area (Å²) in [4.78, 5) is 44.8. The van der Waals surface area contributed by atoms with Gasteiger partial charge < -0.3 is 20.4 Å². The molecule has 1 saturated heterocycles. The monoisotopic (exact) mass is 508 g/mol. The number of anilines is 1. The van der Waals surface area contributed by atoms with Gasteiger partial charge in [0, 0.05) is 31.1 Å². The van der Waals surface area contributed by atoms with E-state index in [0.717, 1.165) is 25.5 Å². The first kappa shape index (κ1) is 25.2. The third-order valence-corrected chi connectivity index (χ3v) is 6.83. The fourth-order valence-electron chi connectivity index (χ4n) is 4.61. The van der Waals surface area contributed by atoms with Gasteiger partial charge >= 0.3 is 0 Å². The molecule has 188 valence electrons. The molecule has 1 aliphatic heterocycles. The van der Waals surface area contributed by atoms with Crippen LogP contribution in [0, 0.1) is 17.6 Å². The summed E-state index contributed by atoms with van der Waals surface area (Å²) in [7, 11) is 0. The van der Waals surface area contributed by atoms with Gasteiger partial charge in [-0.05, 0) is 51.0 Å². The molecule has 2 fully saturated rings. The second-order valence-corrected chi connectivity index (χ2v) is 9.39. The number of benzene rings is 1. The van der Waals surface area contributed by atoms with E-state index in [4.69, 9.17) is 16.3 Å². The average Bonchev–Trinajstić information content (AvgIpc) is 3.52. The van der Waals surface area contributed by atoms with E-state index in [9.17, 15) is 23.2 Å². The number of halogens is 3. The normalized spacial score (nSPS) is 22.1. The Morgan fingerprint density at radius 1 is 1.14 bits per heavy atom. The van der Waals surface area contributed by atoms with E-state index < -0.39 is 29.4 Å². The van der Waals surface area contributed by atoms with Crippen LogP contribution >= 0.6 is 11.6 Å². The van der Waals surface area contributed by atoms with E-state index >= 15 is 0 Å². The van der Waals surface area contributed by atoms with Crippen LogP contribution < -0.4 is 10.6 Å². The highest BCUT2D eigenvalue weighted by Gasteiger charge is 2.30. The molecule has 4 rings (SSSR count). The van der Waals surface area contributed by atoms with E-state index in [-0.39, 0.29) is 46.4 Å². The Balaban J connectivity index is 1.27. The number of nitrogens with one attached hydrogen (secondary N) is 3. The van der Waals surface area contributed by atoms with Crippen LogP contribution in [0.3, 0.4) is 0 Å². The number of ketones is 1. The van der Waals surface area contributed by atoms with Crippen LogP contribution in [0.2, 0.25) is 5.02 Å². The maximum atomic E-state index is 14.0. The fraction of sp³-hybridized carbons (Fsp3) is 0.500. The smallest absolute Gasteiger partial charge is 0.270 e. The number of ether oxygens (including phenoxy) is 1. The predicted molar refractivity (Wildman–Crippen MR) is 124 cm³/mol. The molecule has 1 aliphatic carbocycles. The van der Waals surface area contributed by atoms with Crippen LogP contribution in [0.1, 0.15) is 72.3 Å². The minimum absolute atomic E-state index is 0.0816. The Morgan fingerprint density at radius 2 is 1.91 bits per heavy atom. The minimum Gasteiger partial charge on any atom is -0.378 e. The van der Waals surface area contributed by atoms with Gasteiger partial charge in [0.05, 0.1) is 23.1 Å². The van der Waals surface area contributed by atoms with Crippen LogP contribution in [-0.4, -0.2) is 46.3 Å². The average molecular weight is 509 g/mol. The molecule has 1 atom stereocenters. The van der Waals surface area contributed by atoms with Crippen molar-refractivity contribution in [3.8, 4) is 0 Å². The van der Waals surface area contributed by atoms with Crippen molar-refractivity contribution in [2.24, 2.45) is 5.92 Å². The Morgan fingerprint density at radius 3 is 2.60 bits per heavy atom. The Bertz CT molecular complexity index is 1070. The molecule has 0 spiro atoms. The first-order valence-corrected chi connectivity index (χ1v) is 12.1. The van der Waals surface area contributed by atoms with Gasteiger partial charge in [-0.15, -0.1) is 0 Å². The van der Waals surface area contributed by atoms with Crippen LogP contribution in [0.25, 0.3) is 0 Å². The minimum atomic E-state index is -0.940. The summed E-state index contributed by atoms with van der Waals surface area (Å²) < 4.78 is 32.7. The summed E-state index contributed by atoms with van der Waals surface area (Å²) in [6, 6.07) is 1.41. The number of rotatable bonds is 8. The zero-order valence-electron chi connectivity index (χ0n) is 19.0. The quantitative estimate of drug-likeness (QED) is 0.457. The highest BCUT2D eigenvalue weighted by Crippen LogP contribution is 2.30. The van der Waals surface area contributed by atoms with Crippen molar-refractivity contribution in [3.63, 3.8) is 0 Å². The van der Waals surface area contributed by atoms with Crippen LogP contribution in [0.15, 0.2) is 18.5 Å². The maximum absolute atomic E-state index is 14.0. The lowest BCUT2D eigenvalue weighted by atomic mass is 9.85. The highest BCUT2D eigenvalue weighted by molar-refractivity contribution is 6.33. The van der Waals surface area contributed by atoms with Crippen molar-refractivity contribution in [1.82, 2.24) is 15.3 Å². The molecule has 1 saturated carbocycles. The number of Topliss-reactive ketones (excluding diaryl/α,β-unsaturated/α-hetero) is 1. The van der Waals surface area contributed by atoms with Crippen molar-refractivity contribution in [3.05, 3.63) is 46.5 Å². The Kier molecular flexibility index (Phi) is 8.12. The number of aromatic nitrogens is 2. The zero-order valence-corrected chi connectivity index (χ0v) is 19.8. The molecule has 11 heteroatoms. The molecule has 8 nitrogen and oxygen atoms in total. The third-order valence-electron chi connectivity index (χ3n) is 6.54. The summed E-state index contributed by atoms with van der Waals surface area (Å²) in [6.07, 6.45) is 6.19. The van der Waals surface area contributed by atoms with Crippen molar-refractivity contribution in [1.29, 1.82) is 0 Å². The van der Waals surface area contributed by atoms with Gasteiger partial charge in [0.25, 0.3) is 5.91 Å². The number of carbonyl (C=O) groups is 3. The van der Waals surface area contributed by atoms with Crippen molar-refractivity contribution >= 4 is 34.9 Å². The molecule has 2 heterocycles. The first-order valence-electron chi connectivity index (χ1n) is 11.8. The third kappa shape index (κ3) is 6.24. The molecule has 2 amide bonds. The van der Waals surface area contributed by atoms with Gasteiger partial charge in [-0.1, -0.05) is 11.6 Å².